The molecular weight excluding hydrogens is 516 g/mol. The number of amides is 1. The molecule has 11 heteroatoms. The number of benzene rings is 1. The van der Waals surface area contributed by atoms with E-state index in [0.717, 1.165) is 12.8 Å². The normalized spacial score (nSPS) is 18.8. The van der Waals surface area contributed by atoms with E-state index in [1.807, 2.05) is 4.90 Å². The third-order valence-corrected chi connectivity index (χ3v) is 7.11. The number of rotatable bonds is 5. The van der Waals surface area contributed by atoms with Gasteiger partial charge in [-0.2, -0.15) is 18.3 Å². The molecule has 2 aliphatic rings. The van der Waals surface area contributed by atoms with E-state index in [1.54, 1.807) is 24.0 Å². The van der Waals surface area contributed by atoms with Gasteiger partial charge in [0.2, 0.25) is 5.91 Å². The van der Waals surface area contributed by atoms with Crippen molar-refractivity contribution in [3.63, 3.8) is 0 Å². The zero-order chi connectivity index (χ0) is 23.2. The van der Waals surface area contributed by atoms with Crippen molar-refractivity contribution in [1.29, 1.82) is 0 Å². The Morgan fingerprint density at radius 3 is 2.47 bits per heavy atom. The lowest BCUT2D eigenvalue weighted by Gasteiger charge is -2.36. The van der Waals surface area contributed by atoms with Crippen LogP contribution in [-0.4, -0.2) is 51.7 Å². The van der Waals surface area contributed by atoms with Crippen LogP contribution in [0, 0.1) is 5.82 Å². The molecule has 1 unspecified atom stereocenters. The summed E-state index contributed by atoms with van der Waals surface area (Å²) in [5.74, 6) is -0.674. The second-order valence-corrected chi connectivity index (χ2v) is 9.44. The van der Waals surface area contributed by atoms with Crippen LogP contribution >= 0.6 is 27.5 Å². The van der Waals surface area contributed by atoms with Crippen LogP contribution in [0.5, 0.6) is 0 Å². The second-order valence-electron chi connectivity index (χ2n) is 8.24. The molecule has 2 fully saturated rings. The molecule has 1 amide bonds. The van der Waals surface area contributed by atoms with E-state index >= 15 is 0 Å². The van der Waals surface area contributed by atoms with E-state index in [-0.39, 0.29) is 22.1 Å². The maximum absolute atomic E-state index is 14.1. The Bertz CT molecular complexity index is 996. The number of carbonyl (C=O) groups excluding carboxylic acids is 1. The predicted molar refractivity (Wildman–Crippen MR) is 115 cm³/mol. The predicted octanol–water partition coefficient (Wildman–Crippen LogP) is 5.24. The summed E-state index contributed by atoms with van der Waals surface area (Å²) in [5.41, 5.74) is -0.144. The van der Waals surface area contributed by atoms with Crippen LogP contribution in [-0.2, 0) is 17.5 Å². The Morgan fingerprint density at radius 1 is 1.25 bits per heavy atom. The monoisotopic (exact) mass is 536 g/mol. The zero-order valence-corrected chi connectivity index (χ0v) is 19.6. The number of aromatic nitrogens is 2. The molecule has 1 aliphatic carbocycles. The van der Waals surface area contributed by atoms with Gasteiger partial charge in [0, 0.05) is 49.2 Å². The average Bonchev–Trinajstić information content (AvgIpc) is 3.51. The number of alkyl halides is 3. The van der Waals surface area contributed by atoms with Crippen molar-refractivity contribution in [2.45, 2.75) is 44.4 Å². The highest BCUT2D eigenvalue weighted by atomic mass is 79.9. The van der Waals surface area contributed by atoms with Crippen molar-refractivity contribution in [2.24, 2.45) is 0 Å². The quantitative estimate of drug-likeness (QED) is 0.490. The Balaban J connectivity index is 1.45. The minimum Gasteiger partial charge on any atom is -0.338 e. The fourth-order valence-corrected chi connectivity index (χ4v) is 5.06. The van der Waals surface area contributed by atoms with Gasteiger partial charge < -0.3 is 4.90 Å². The summed E-state index contributed by atoms with van der Waals surface area (Å²) < 4.78 is 55.4. The van der Waals surface area contributed by atoms with E-state index in [2.05, 4.69) is 21.0 Å². The molecule has 0 bridgehead atoms. The first-order valence-corrected chi connectivity index (χ1v) is 11.5. The smallest absolute Gasteiger partial charge is 0.338 e. The highest BCUT2D eigenvalue weighted by Crippen LogP contribution is 2.47. The SMILES string of the molecule is CC(C(=O)N1CCN(Cc2c(F)cccc2Cl)CC1)n1nc(C(F)(F)F)c(Br)c1C1CC1. The molecule has 2 heterocycles. The molecule has 1 aliphatic heterocycles. The van der Waals surface area contributed by atoms with Crippen LogP contribution in [0.15, 0.2) is 22.7 Å². The second kappa shape index (κ2) is 8.95. The molecule has 1 saturated carbocycles. The molecule has 1 atom stereocenters. The van der Waals surface area contributed by atoms with Gasteiger partial charge in [-0.25, -0.2) is 4.39 Å². The van der Waals surface area contributed by atoms with Gasteiger partial charge in [-0.15, -0.1) is 0 Å². The van der Waals surface area contributed by atoms with Gasteiger partial charge in [0.05, 0.1) is 10.2 Å². The van der Waals surface area contributed by atoms with Crippen molar-refractivity contribution in [1.82, 2.24) is 19.6 Å². The van der Waals surface area contributed by atoms with E-state index in [1.165, 1.54) is 10.7 Å². The van der Waals surface area contributed by atoms with Crippen LogP contribution < -0.4 is 0 Å². The summed E-state index contributed by atoms with van der Waals surface area (Å²) in [6, 6.07) is 3.69. The highest BCUT2D eigenvalue weighted by molar-refractivity contribution is 9.10. The first-order chi connectivity index (χ1) is 15.1. The fourth-order valence-electron chi connectivity index (χ4n) is 4.03. The van der Waals surface area contributed by atoms with Crippen LogP contribution in [0.2, 0.25) is 5.02 Å². The lowest BCUT2D eigenvalue weighted by molar-refractivity contribution is -0.143. The highest BCUT2D eigenvalue weighted by Gasteiger charge is 2.43. The maximum atomic E-state index is 14.1. The van der Waals surface area contributed by atoms with Crippen molar-refractivity contribution in [2.75, 3.05) is 26.2 Å². The summed E-state index contributed by atoms with van der Waals surface area (Å²) in [6.07, 6.45) is -3.05. The number of hydrogen-bond donors (Lipinski definition) is 0. The standard InChI is InChI=1S/C21H22BrClF4N4O/c1-12(31-18(13-5-6-13)17(22)19(28-31)21(25,26)27)20(32)30-9-7-29(8-10-30)11-14-15(23)3-2-4-16(14)24/h2-4,12-13H,5-11H2,1H3. The summed E-state index contributed by atoms with van der Waals surface area (Å²) in [6.45, 7) is 3.71. The van der Waals surface area contributed by atoms with E-state index in [0.29, 0.717) is 49.0 Å². The lowest BCUT2D eigenvalue weighted by atomic mass is 10.1. The largest absolute Gasteiger partial charge is 0.436 e. The van der Waals surface area contributed by atoms with Crippen LogP contribution in [0.4, 0.5) is 17.6 Å². The molecule has 1 saturated heterocycles. The van der Waals surface area contributed by atoms with Crippen molar-refractivity contribution in [3.05, 3.63) is 50.5 Å². The number of halogens is 6. The Labute approximate surface area is 196 Å². The first kappa shape index (κ1) is 23.5. The van der Waals surface area contributed by atoms with Gasteiger partial charge in [-0.05, 0) is 47.8 Å². The average molecular weight is 538 g/mol. The third kappa shape index (κ3) is 4.68. The minimum absolute atomic E-state index is 0.0226. The van der Waals surface area contributed by atoms with Gasteiger partial charge in [-0.3, -0.25) is 14.4 Å². The third-order valence-electron chi connectivity index (χ3n) is 5.97. The molecule has 0 spiro atoms. The topological polar surface area (TPSA) is 41.4 Å². The van der Waals surface area contributed by atoms with Gasteiger partial charge in [0.15, 0.2) is 5.69 Å². The molecule has 32 heavy (non-hydrogen) atoms. The summed E-state index contributed by atoms with van der Waals surface area (Å²) in [7, 11) is 0. The molecule has 0 radical (unpaired) electrons. The molecule has 2 aromatic rings. The fraction of sp³-hybridized carbons (Fsp3) is 0.524. The van der Waals surface area contributed by atoms with Gasteiger partial charge in [0.25, 0.3) is 0 Å². The number of hydrogen-bond acceptors (Lipinski definition) is 3. The summed E-state index contributed by atoms with van der Waals surface area (Å²) in [4.78, 5) is 16.7. The summed E-state index contributed by atoms with van der Waals surface area (Å²) in [5, 5.41) is 4.13. The Kier molecular flexibility index (Phi) is 6.57. The maximum Gasteiger partial charge on any atom is 0.436 e. The number of piperazine rings is 1. The van der Waals surface area contributed by atoms with Crippen molar-refractivity contribution < 1.29 is 22.4 Å². The molecule has 174 valence electrons. The van der Waals surface area contributed by atoms with E-state index < -0.39 is 17.9 Å². The van der Waals surface area contributed by atoms with Gasteiger partial charge in [-0.1, -0.05) is 17.7 Å². The molecular formula is C21H22BrClF4N4O. The molecule has 4 rings (SSSR count). The minimum atomic E-state index is -4.60. The lowest BCUT2D eigenvalue weighted by Crippen LogP contribution is -2.50. The first-order valence-electron chi connectivity index (χ1n) is 10.4. The molecule has 1 aromatic heterocycles. The van der Waals surface area contributed by atoms with E-state index in [9.17, 15) is 22.4 Å². The zero-order valence-electron chi connectivity index (χ0n) is 17.3. The Hall–Kier alpha value is -1.65. The van der Waals surface area contributed by atoms with Gasteiger partial charge in [0.1, 0.15) is 11.9 Å². The van der Waals surface area contributed by atoms with Crippen LogP contribution in [0.3, 0.4) is 0 Å². The number of nitrogens with zero attached hydrogens (tertiary/aromatic N) is 4. The van der Waals surface area contributed by atoms with Crippen molar-refractivity contribution >= 4 is 33.4 Å². The summed E-state index contributed by atoms with van der Waals surface area (Å²) >= 11 is 9.17. The molecule has 1 aromatic carbocycles. The Morgan fingerprint density at radius 2 is 1.91 bits per heavy atom. The van der Waals surface area contributed by atoms with Crippen LogP contribution in [0.1, 0.15) is 48.7 Å². The van der Waals surface area contributed by atoms with Gasteiger partial charge >= 0.3 is 6.18 Å². The molecule has 5 nitrogen and oxygen atoms in total. The molecule has 0 N–H and O–H groups in total. The van der Waals surface area contributed by atoms with E-state index in [4.69, 9.17) is 11.6 Å². The number of carbonyl (C=O) groups is 1. The van der Waals surface area contributed by atoms with Crippen LogP contribution in [0.25, 0.3) is 0 Å². The van der Waals surface area contributed by atoms with Crippen molar-refractivity contribution in [3.8, 4) is 0 Å².